The number of hydrogen-bond acceptors (Lipinski definition) is 4. The zero-order valence-electron chi connectivity index (χ0n) is 14.1. The third-order valence-electron chi connectivity index (χ3n) is 4.19. The lowest BCUT2D eigenvalue weighted by molar-refractivity contribution is 0.0110. The van der Waals surface area contributed by atoms with Crippen molar-refractivity contribution in [1.82, 2.24) is 10.2 Å². The fourth-order valence-corrected chi connectivity index (χ4v) is 4.53. The van der Waals surface area contributed by atoms with Gasteiger partial charge in [0.15, 0.2) is 5.11 Å². The first kappa shape index (κ1) is 18.6. The zero-order chi connectivity index (χ0) is 17.6. The van der Waals surface area contributed by atoms with Crippen molar-refractivity contribution in [2.75, 3.05) is 31.6 Å². The third-order valence-corrected chi connectivity index (χ3v) is 5.59. The van der Waals surface area contributed by atoms with Crippen molar-refractivity contribution >= 4 is 46.0 Å². The molecular weight excluding hydrogens is 374 g/mol. The molecule has 2 heterocycles. The molecule has 0 bridgehead atoms. The van der Waals surface area contributed by atoms with E-state index in [2.05, 4.69) is 40.0 Å². The first-order valence-electron chi connectivity index (χ1n) is 8.32. The highest BCUT2D eigenvalue weighted by atomic mass is 35.5. The number of thiocarbonyl (C=S) groups is 1. The van der Waals surface area contributed by atoms with Crippen LogP contribution in [0.3, 0.4) is 0 Å². The van der Waals surface area contributed by atoms with Gasteiger partial charge in [-0.1, -0.05) is 23.7 Å². The van der Waals surface area contributed by atoms with E-state index < -0.39 is 0 Å². The van der Waals surface area contributed by atoms with E-state index >= 15 is 0 Å². The highest BCUT2D eigenvalue weighted by Crippen LogP contribution is 2.29. The van der Waals surface area contributed by atoms with Crippen LogP contribution in [0.2, 0.25) is 5.02 Å². The van der Waals surface area contributed by atoms with E-state index in [1.54, 1.807) is 11.3 Å². The number of nitrogens with zero attached hydrogens (tertiary/aromatic N) is 1. The molecule has 0 saturated carbocycles. The van der Waals surface area contributed by atoms with Gasteiger partial charge in [0.25, 0.3) is 0 Å². The SMILES string of the molecule is CC(NC(=S)Nc1cccc(Cl)c1)C(c1cccs1)N1CCOCC1. The second-order valence-corrected chi connectivity index (χ2v) is 7.83. The molecule has 3 rings (SSSR count). The number of anilines is 1. The molecule has 2 N–H and O–H groups in total. The monoisotopic (exact) mass is 395 g/mol. The number of ether oxygens (including phenoxy) is 1. The number of rotatable bonds is 5. The summed E-state index contributed by atoms with van der Waals surface area (Å²) >= 11 is 13.3. The van der Waals surface area contributed by atoms with E-state index in [0.29, 0.717) is 10.1 Å². The fraction of sp³-hybridized carbons (Fsp3) is 0.389. The maximum Gasteiger partial charge on any atom is 0.171 e. The quantitative estimate of drug-likeness (QED) is 0.744. The number of thiophene rings is 1. The number of nitrogens with one attached hydrogen (secondary N) is 2. The van der Waals surface area contributed by atoms with Gasteiger partial charge in [-0.25, -0.2) is 0 Å². The summed E-state index contributed by atoms with van der Waals surface area (Å²) in [7, 11) is 0. The number of morpholine rings is 1. The van der Waals surface area contributed by atoms with Crippen molar-refractivity contribution in [2.24, 2.45) is 0 Å². The maximum absolute atomic E-state index is 6.03. The molecule has 7 heteroatoms. The fourth-order valence-electron chi connectivity index (χ4n) is 3.08. The second kappa shape index (κ2) is 8.96. The summed E-state index contributed by atoms with van der Waals surface area (Å²) in [5.74, 6) is 0. The first-order chi connectivity index (χ1) is 12.1. The van der Waals surface area contributed by atoms with Gasteiger partial charge in [-0.05, 0) is 48.8 Å². The van der Waals surface area contributed by atoms with Gasteiger partial charge in [-0.15, -0.1) is 11.3 Å². The van der Waals surface area contributed by atoms with Crippen LogP contribution in [0.25, 0.3) is 0 Å². The molecule has 1 aromatic carbocycles. The lowest BCUT2D eigenvalue weighted by Gasteiger charge is -2.38. The van der Waals surface area contributed by atoms with Gasteiger partial charge >= 0.3 is 0 Å². The molecule has 0 aliphatic carbocycles. The molecule has 4 nitrogen and oxygen atoms in total. The minimum absolute atomic E-state index is 0.163. The van der Waals surface area contributed by atoms with E-state index in [1.807, 2.05) is 24.3 Å². The summed E-state index contributed by atoms with van der Waals surface area (Å²) in [6.45, 7) is 5.59. The van der Waals surface area contributed by atoms with Crippen molar-refractivity contribution in [3.05, 3.63) is 51.7 Å². The van der Waals surface area contributed by atoms with Crippen molar-refractivity contribution < 1.29 is 4.74 Å². The summed E-state index contributed by atoms with van der Waals surface area (Å²) in [5.41, 5.74) is 0.885. The van der Waals surface area contributed by atoms with E-state index in [0.717, 1.165) is 32.0 Å². The average Bonchev–Trinajstić information content (AvgIpc) is 3.10. The molecule has 0 spiro atoms. The Hall–Kier alpha value is -1.18. The van der Waals surface area contributed by atoms with E-state index in [4.69, 9.17) is 28.6 Å². The molecule has 1 aliphatic heterocycles. The Morgan fingerprint density at radius 1 is 1.28 bits per heavy atom. The standard InChI is InChI=1S/C18H22ClN3OS2/c1-13(20-18(24)21-15-5-2-4-14(19)12-15)17(16-6-3-11-25-16)22-7-9-23-10-8-22/h2-6,11-13,17H,7-10H2,1H3,(H2,20,21,24). The van der Waals surface area contributed by atoms with Crippen LogP contribution in [-0.4, -0.2) is 42.4 Å². The van der Waals surface area contributed by atoms with E-state index in [-0.39, 0.29) is 12.1 Å². The number of benzene rings is 1. The largest absolute Gasteiger partial charge is 0.379 e. The van der Waals surface area contributed by atoms with Crippen LogP contribution in [0.1, 0.15) is 17.8 Å². The highest BCUT2D eigenvalue weighted by Gasteiger charge is 2.28. The minimum Gasteiger partial charge on any atom is -0.379 e. The van der Waals surface area contributed by atoms with Crippen molar-refractivity contribution in [1.29, 1.82) is 0 Å². The predicted molar refractivity (Wildman–Crippen MR) is 110 cm³/mol. The first-order valence-corrected chi connectivity index (χ1v) is 9.98. The summed E-state index contributed by atoms with van der Waals surface area (Å²) < 4.78 is 5.51. The second-order valence-electron chi connectivity index (χ2n) is 6.01. The number of hydrogen-bond donors (Lipinski definition) is 2. The minimum atomic E-state index is 0.163. The Morgan fingerprint density at radius 3 is 2.76 bits per heavy atom. The molecule has 134 valence electrons. The lowest BCUT2D eigenvalue weighted by atomic mass is 10.1. The van der Waals surface area contributed by atoms with Gasteiger partial charge < -0.3 is 15.4 Å². The van der Waals surface area contributed by atoms with Crippen molar-refractivity contribution in [2.45, 2.75) is 19.0 Å². The predicted octanol–water partition coefficient (Wildman–Crippen LogP) is 4.15. The topological polar surface area (TPSA) is 36.5 Å². The van der Waals surface area contributed by atoms with Gasteiger partial charge in [-0.3, -0.25) is 4.90 Å². The van der Waals surface area contributed by atoms with Crippen molar-refractivity contribution in [3.8, 4) is 0 Å². The maximum atomic E-state index is 6.03. The molecule has 1 fully saturated rings. The van der Waals surface area contributed by atoms with Gasteiger partial charge in [0.1, 0.15) is 0 Å². The van der Waals surface area contributed by atoms with Crippen molar-refractivity contribution in [3.63, 3.8) is 0 Å². The summed E-state index contributed by atoms with van der Waals surface area (Å²) in [5, 5.41) is 10.1. The third kappa shape index (κ3) is 5.15. The molecular formula is C18H22ClN3OS2. The molecule has 25 heavy (non-hydrogen) atoms. The van der Waals surface area contributed by atoms with Crippen LogP contribution >= 0.6 is 35.2 Å². The van der Waals surface area contributed by atoms with Gasteiger partial charge in [0.05, 0.1) is 19.3 Å². The highest BCUT2D eigenvalue weighted by molar-refractivity contribution is 7.80. The van der Waals surface area contributed by atoms with Crippen LogP contribution in [0.5, 0.6) is 0 Å². The Kier molecular flexibility index (Phi) is 6.67. The number of halogens is 1. The normalized spacial score (nSPS) is 17.7. The summed E-state index contributed by atoms with van der Waals surface area (Å²) in [6.07, 6.45) is 0. The summed E-state index contributed by atoms with van der Waals surface area (Å²) in [4.78, 5) is 3.81. The van der Waals surface area contributed by atoms with Gasteiger partial charge in [0.2, 0.25) is 0 Å². The average molecular weight is 396 g/mol. The Bertz CT molecular complexity index is 689. The summed E-state index contributed by atoms with van der Waals surface area (Å²) in [6, 6.07) is 12.3. The molecule has 2 atom stereocenters. The van der Waals surface area contributed by atoms with E-state index in [9.17, 15) is 0 Å². The lowest BCUT2D eigenvalue weighted by Crippen LogP contribution is -2.49. The van der Waals surface area contributed by atoms with Gasteiger partial charge in [0, 0.05) is 34.7 Å². The molecule has 1 saturated heterocycles. The van der Waals surface area contributed by atoms with Crippen LogP contribution in [0.4, 0.5) is 5.69 Å². The molecule has 0 amide bonds. The van der Waals surface area contributed by atoms with Crippen LogP contribution in [0, 0.1) is 0 Å². The van der Waals surface area contributed by atoms with Gasteiger partial charge in [-0.2, -0.15) is 0 Å². The Labute approximate surface area is 163 Å². The molecule has 2 aromatic rings. The van der Waals surface area contributed by atoms with E-state index in [1.165, 1.54) is 4.88 Å². The van der Waals surface area contributed by atoms with Crippen LogP contribution in [-0.2, 0) is 4.74 Å². The Morgan fingerprint density at radius 2 is 2.08 bits per heavy atom. The Balaban J connectivity index is 1.67. The zero-order valence-corrected chi connectivity index (χ0v) is 16.5. The molecule has 0 radical (unpaired) electrons. The smallest absolute Gasteiger partial charge is 0.171 e. The van der Waals surface area contributed by atoms with Crippen LogP contribution < -0.4 is 10.6 Å². The molecule has 2 unspecified atom stereocenters. The molecule has 1 aliphatic rings. The molecule has 1 aromatic heterocycles. The van der Waals surface area contributed by atoms with Crippen LogP contribution in [0.15, 0.2) is 41.8 Å².